The monoisotopic (exact) mass is 269 g/mol. The van der Waals surface area contributed by atoms with E-state index in [1.807, 2.05) is 0 Å². The fraction of sp³-hybridized carbons (Fsp3) is 0.692. The number of aromatic nitrogens is 2. The maximum absolute atomic E-state index is 5.06. The average Bonchev–Trinajstić information content (AvgIpc) is 2.38. The van der Waals surface area contributed by atoms with Gasteiger partial charge in [0.25, 0.3) is 0 Å². The molecule has 5 heteroatoms. The molecule has 1 N–H and O–H groups in total. The Morgan fingerprint density at radius 2 is 2.17 bits per heavy atom. The summed E-state index contributed by atoms with van der Waals surface area (Å²) in [4.78, 5) is 8.74. The van der Waals surface area contributed by atoms with Crippen LogP contribution >= 0.6 is 11.8 Å². The van der Waals surface area contributed by atoms with Crippen LogP contribution in [0.3, 0.4) is 0 Å². The van der Waals surface area contributed by atoms with Gasteiger partial charge < -0.3 is 10.1 Å². The van der Waals surface area contributed by atoms with E-state index < -0.39 is 0 Å². The molecule has 0 aliphatic heterocycles. The van der Waals surface area contributed by atoms with Crippen LogP contribution in [0.25, 0.3) is 0 Å². The largest absolute Gasteiger partial charge is 0.385 e. The lowest BCUT2D eigenvalue weighted by Crippen LogP contribution is -2.06. The highest BCUT2D eigenvalue weighted by atomic mass is 32.2. The van der Waals surface area contributed by atoms with Crippen LogP contribution in [0.4, 0.5) is 5.82 Å². The Kier molecular flexibility index (Phi) is 7.76. The summed E-state index contributed by atoms with van der Waals surface area (Å²) in [5, 5.41) is 4.42. The van der Waals surface area contributed by atoms with Crippen molar-refractivity contribution in [3.8, 4) is 0 Å². The number of nitrogens with one attached hydrogen (secondary N) is 1. The Bertz CT molecular complexity index is 347. The van der Waals surface area contributed by atoms with E-state index in [9.17, 15) is 0 Å². The van der Waals surface area contributed by atoms with Gasteiger partial charge in [-0.3, -0.25) is 0 Å². The molecule has 0 aliphatic carbocycles. The van der Waals surface area contributed by atoms with E-state index in [0.29, 0.717) is 0 Å². The zero-order valence-electron chi connectivity index (χ0n) is 11.5. The molecule has 0 aromatic carbocycles. The van der Waals surface area contributed by atoms with Gasteiger partial charge in [-0.25, -0.2) is 9.97 Å². The van der Waals surface area contributed by atoms with Gasteiger partial charge in [-0.1, -0.05) is 13.3 Å². The molecule has 1 aromatic rings. The second-order valence-corrected chi connectivity index (χ2v) is 5.06. The Morgan fingerprint density at radius 3 is 2.83 bits per heavy atom. The van der Waals surface area contributed by atoms with Gasteiger partial charge in [-0.2, -0.15) is 0 Å². The summed E-state index contributed by atoms with van der Waals surface area (Å²) in [6, 6.07) is 0. The fourth-order valence-electron chi connectivity index (χ4n) is 1.69. The highest BCUT2D eigenvalue weighted by molar-refractivity contribution is 7.99. The van der Waals surface area contributed by atoms with Crippen molar-refractivity contribution in [3.05, 3.63) is 11.9 Å². The van der Waals surface area contributed by atoms with E-state index in [1.54, 1.807) is 25.2 Å². The molecule has 0 saturated heterocycles. The molecule has 1 rings (SSSR count). The molecule has 102 valence electrons. The van der Waals surface area contributed by atoms with Crippen LogP contribution in [0.2, 0.25) is 0 Å². The predicted molar refractivity (Wildman–Crippen MR) is 77.4 cm³/mol. The fourth-order valence-corrected chi connectivity index (χ4v) is 2.64. The van der Waals surface area contributed by atoms with Crippen LogP contribution in [0.1, 0.15) is 32.3 Å². The molecule has 0 radical (unpaired) electrons. The molecule has 18 heavy (non-hydrogen) atoms. The van der Waals surface area contributed by atoms with Gasteiger partial charge in [0.1, 0.15) is 17.2 Å². The Hall–Kier alpha value is -0.810. The SMILES string of the molecule is CCCc1c(NCC)ncnc1SCCCOC. The van der Waals surface area contributed by atoms with Gasteiger partial charge >= 0.3 is 0 Å². The highest BCUT2D eigenvalue weighted by Crippen LogP contribution is 2.26. The molecule has 0 fully saturated rings. The third kappa shape index (κ3) is 4.82. The minimum absolute atomic E-state index is 0.807. The lowest BCUT2D eigenvalue weighted by Gasteiger charge is -2.12. The molecule has 0 unspecified atom stereocenters. The van der Waals surface area contributed by atoms with Crippen molar-refractivity contribution in [2.24, 2.45) is 0 Å². The van der Waals surface area contributed by atoms with Crippen LogP contribution in [-0.4, -0.2) is 36.0 Å². The second kappa shape index (κ2) is 9.16. The first-order valence-electron chi connectivity index (χ1n) is 6.52. The van der Waals surface area contributed by atoms with Gasteiger partial charge in [0.2, 0.25) is 0 Å². The quantitative estimate of drug-likeness (QED) is 0.424. The summed E-state index contributed by atoms with van der Waals surface area (Å²) in [7, 11) is 1.74. The minimum atomic E-state index is 0.807. The van der Waals surface area contributed by atoms with E-state index in [0.717, 1.165) is 49.0 Å². The number of rotatable bonds is 9. The first kappa shape index (κ1) is 15.2. The molecule has 1 aromatic heterocycles. The second-order valence-electron chi connectivity index (χ2n) is 3.98. The van der Waals surface area contributed by atoms with Crippen LogP contribution in [-0.2, 0) is 11.2 Å². The molecule has 4 nitrogen and oxygen atoms in total. The first-order chi connectivity index (χ1) is 8.83. The van der Waals surface area contributed by atoms with Crippen molar-refractivity contribution < 1.29 is 4.74 Å². The van der Waals surface area contributed by atoms with Crippen molar-refractivity contribution >= 4 is 17.6 Å². The standard InChI is InChI=1S/C13H23N3OS/c1-4-7-11-12(14-5-2)15-10-16-13(11)18-9-6-8-17-3/h10H,4-9H2,1-3H3,(H,14,15,16). The number of hydrogen-bond acceptors (Lipinski definition) is 5. The summed E-state index contributed by atoms with van der Waals surface area (Å²) in [5.74, 6) is 2.02. The van der Waals surface area contributed by atoms with Gasteiger partial charge in [-0.05, 0) is 19.8 Å². The molecule has 0 atom stereocenters. The highest BCUT2D eigenvalue weighted by Gasteiger charge is 2.10. The van der Waals surface area contributed by atoms with Crippen molar-refractivity contribution in [1.82, 2.24) is 9.97 Å². The number of methoxy groups -OCH3 is 1. The minimum Gasteiger partial charge on any atom is -0.385 e. The topological polar surface area (TPSA) is 47.0 Å². The molecule has 0 spiro atoms. The van der Waals surface area contributed by atoms with E-state index in [4.69, 9.17) is 4.74 Å². The first-order valence-corrected chi connectivity index (χ1v) is 7.51. The van der Waals surface area contributed by atoms with Crippen LogP contribution in [0, 0.1) is 0 Å². The number of ether oxygens (including phenoxy) is 1. The summed E-state index contributed by atoms with van der Waals surface area (Å²) < 4.78 is 5.06. The Morgan fingerprint density at radius 1 is 1.33 bits per heavy atom. The maximum atomic E-state index is 5.06. The van der Waals surface area contributed by atoms with Crippen molar-refractivity contribution in [3.63, 3.8) is 0 Å². The van der Waals surface area contributed by atoms with Crippen LogP contribution in [0.15, 0.2) is 11.4 Å². The zero-order valence-corrected chi connectivity index (χ0v) is 12.3. The lowest BCUT2D eigenvalue weighted by molar-refractivity contribution is 0.200. The summed E-state index contributed by atoms with van der Waals surface area (Å²) >= 11 is 1.80. The smallest absolute Gasteiger partial charge is 0.133 e. The van der Waals surface area contributed by atoms with Crippen molar-refractivity contribution in [1.29, 1.82) is 0 Å². The predicted octanol–water partition coefficient (Wildman–Crippen LogP) is 2.99. The molecule has 0 amide bonds. The number of anilines is 1. The molecule has 0 bridgehead atoms. The van der Waals surface area contributed by atoms with Gasteiger partial charge in [0, 0.05) is 31.6 Å². The van der Waals surface area contributed by atoms with E-state index in [-0.39, 0.29) is 0 Å². The maximum Gasteiger partial charge on any atom is 0.133 e. The third-order valence-electron chi connectivity index (χ3n) is 2.48. The average molecular weight is 269 g/mol. The van der Waals surface area contributed by atoms with Gasteiger partial charge in [0.15, 0.2) is 0 Å². The summed E-state index contributed by atoms with van der Waals surface area (Å²) in [6.45, 7) is 5.97. The van der Waals surface area contributed by atoms with Gasteiger partial charge in [0.05, 0.1) is 0 Å². The van der Waals surface area contributed by atoms with Crippen molar-refractivity contribution in [2.75, 3.05) is 31.3 Å². The summed E-state index contributed by atoms with van der Waals surface area (Å²) in [5.41, 5.74) is 1.25. The molecule has 0 saturated carbocycles. The zero-order chi connectivity index (χ0) is 13.2. The normalized spacial score (nSPS) is 10.6. The number of hydrogen-bond donors (Lipinski definition) is 1. The van der Waals surface area contributed by atoms with Crippen molar-refractivity contribution in [2.45, 2.75) is 38.1 Å². The van der Waals surface area contributed by atoms with Crippen LogP contribution in [0.5, 0.6) is 0 Å². The third-order valence-corrected chi connectivity index (χ3v) is 3.60. The molecular formula is C13H23N3OS. The lowest BCUT2D eigenvalue weighted by atomic mass is 10.2. The van der Waals surface area contributed by atoms with Crippen LogP contribution < -0.4 is 5.32 Å². The van der Waals surface area contributed by atoms with Gasteiger partial charge in [-0.15, -0.1) is 11.8 Å². The summed E-state index contributed by atoms with van der Waals surface area (Å²) in [6.07, 6.45) is 4.83. The number of thioether (sulfide) groups is 1. The van der Waals surface area contributed by atoms with E-state index in [1.165, 1.54) is 5.56 Å². The molecule has 0 aliphatic rings. The van der Waals surface area contributed by atoms with E-state index in [2.05, 4.69) is 29.1 Å². The number of nitrogens with zero attached hydrogens (tertiary/aromatic N) is 2. The van der Waals surface area contributed by atoms with E-state index >= 15 is 0 Å². The Labute approximate surface area is 114 Å². The molecular weight excluding hydrogens is 246 g/mol. The Balaban J connectivity index is 2.71. The molecule has 1 heterocycles.